The predicted octanol–water partition coefficient (Wildman–Crippen LogP) is 4.83. The molecule has 4 heterocycles. The Morgan fingerprint density at radius 1 is 0.818 bits per heavy atom. The number of nitrogens with zero attached hydrogens (tertiary/aromatic N) is 6. The number of piperazine rings is 1. The number of benzene rings is 2. The van der Waals surface area contributed by atoms with E-state index in [9.17, 15) is 4.79 Å². The molecule has 0 spiro atoms. The van der Waals surface area contributed by atoms with E-state index in [1.807, 2.05) is 36.4 Å². The quantitative estimate of drug-likeness (QED) is 0.394. The van der Waals surface area contributed by atoms with E-state index < -0.39 is 0 Å². The third-order valence-corrected chi connectivity index (χ3v) is 8.79. The topological polar surface area (TPSA) is 108 Å². The van der Waals surface area contributed by atoms with Crippen molar-refractivity contribution in [1.82, 2.24) is 19.9 Å². The molecular weight excluding hydrogens is 556 g/mol. The van der Waals surface area contributed by atoms with Gasteiger partial charge in [-0.1, -0.05) is 0 Å². The van der Waals surface area contributed by atoms with E-state index in [-0.39, 0.29) is 18.0 Å². The molecule has 0 aliphatic carbocycles. The minimum absolute atomic E-state index is 0.184. The van der Waals surface area contributed by atoms with E-state index in [4.69, 9.17) is 24.4 Å². The maximum Gasteiger partial charge on any atom is 0.323 e. The van der Waals surface area contributed by atoms with Gasteiger partial charge in [-0.2, -0.15) is 9.97 Å². The number of amides is 2. The van der Waals surface area contributed by atoms with Crippen LogP contribution in [0.1, 0.15) is 45.4 Å². The van der Waals surface area contributed by atoms with E-state index in [0.717, 1.165) is 75.9 Å². The third kappa shape index (κ3) is 7.28. The first-order valence-electron chi connectivity index (χ1n) is 15.9. The second-order valence-electron chi connectivity index (χ2n) is 12.1. The standard InChI is InChI=1S/C33H44N8O3/c1-23(2)39-14-16-40(17-15-39)29-10-8-28(9-11-29)35-33(42)34-27-6-4-25(5-7-27)30-36-31(26-12-19-43-20-13-26)38-32(37-30)41-18-21-44-22-24(41)3/h4-11,23-24,26H,12-22H2,1-3H3,(H2,34,35,42). The van der Waals surface area contributed by atoms with Crippen LogP contribution in [-0.2, 0) is 9.47 Å². The molecule has 11 heteroatoms. The summed E-state index contributed by atoms with van der Waals surface area (Å²) < 4.78 is 11.2. The number of hydrogen-bond acceptors (Lipinski definition) is 9. The van der Waals surface area contributed by atoms with Crippen LogP contribution in [0.3, 0.4) is 0 Å². The number of carbonyl (C=O) groups excluding carboxylic acids is 1. The van der Waals surface area contributed by atoms with Gasteiger partial charge < -0.3 is 29.9 Å². The first kappa shape index (κ1) is 30.2. The van der Waals surface area contributed by atoms with Gasteiger partial charge in [0.25, 0.3) is 0 Å². The summed E-state index contributed by atoms with van der Waals surface area (Å²) in [6.45, 7) is 14.3. The van der Waals surface area contributed by atoms with Crippen molar-refractivity contribution in [2.75, 3.05) is 79.6 Å². The summed E-state index contributed by atoms with van der Waals surface area (Å²) in [6, 6.07) is 16.2. The Kier molecular flexibility index (Phi) is 9.54. The van der Waals surface area contributed by atoms with Crippen molar-refractivity contribution in [3.05, 3.63) is 54.4 Å². The van der Waals surface area contributed by atoms with Gasteiger partial charge in [0.2, 0.25) is 5.95 Å². The summed E-state index contributed by atoms with van der Waals surface area (Å²) in [5.41, 5.74) is 3.49. The van der Waals surface area contributed by atoms with E-state index in [2.05, 4.69) is 58.2 Å². The molecule has 2 N–H and O–H groups in total. The summed E-state index contributed by atoms with van der Waals surface area (Å²) in [7, 11) is 0. The van der Waals surface area contributed by atoms with Crippen molar-refractivity contribution in [2.24, 2.45) is 0 Å². The van der Waals surface area contributed by atoms with Gasteiger partial charge >= 0.3 is 6.03 Å². The largest absolute Gasteiger partial charge is 0.381 e. The Bertz CT molecular complexity index is 1390. The van der Waals surface area contributed by atoms with Gasteiger partial charge in [0, 0.05) is 80.5 Å². The molecule has 2 amide bonds. The Morgan fingerprint density at radius 2 is 1.48 bits per heavy atom. The Hall–Kier alpha value is -3.80. The Morgan fingerprint density at radius 3 is 2.11 bits per heavy atom. The van der Waals surface area contributed by atoms with Crippen molar-refractivity contribution >= 4 is 29.0 Å². The lowest BCUT2D eigenvalue weighted by atomic mass is 9.99. The first-order valence-corrected chi connectivity index (χ1v) is 15.9. The molecule has 3 aliphatic heterocycles. The van der Waals surface area contributed by atoms with Gasteiger partial charge in [0.15, 0.2) is 5.82 Å². The van der Waals surface area contributed by atoms with E-state index in [0.29, 0.717) is 36.7 Å². The van der Waals surface area contributed by atoms with Crippen LogP contribution in [0.2, 0.25) is 0 Å². The van der Waals surface area contributed by atoms with Crippen LogP contribution in [0.4, 0.5) is 27.8 Å². The number of rotatable bonds is 7. The van der Waals surface area contributed by atoms with Crippen molar-refractivity contribution in [3.8, 4) is 11.4 Å². The van der Waals surface area contributed by atoms with Crippen LogP contribution in [0, 0.1) is 0 Å². The van der Waals surface area contributed by atoms with Crippen LogP contribution >= 0.6 is 0 Å². The zero-order valence-electron chi connectivity index (χ0n) is 26.0. The highest BCUT2D eigenvalue weighted by atomic mass is 16.5. The molecule has 11 nitrogen and oxygen atoms in total. The van der Waals surface area contributed by atoms with Gasteiger partial charge in [-0.25, -0.2) is 9.78 Å². The number of aromatic nitrogens is 3. The van der Waals surface area contributed by atoms with Crippen molar-refractivity contribution in [1.29, 1.82) is 0 Å². The molecule has 0 saturated carbocycles. The summed E-state index contributed by atoms with van der Waals surface area (Å²) in [6.07, 6.45) is 1.80. The molecule has 44 heavy (non-hydrogen) atoms. The second kappa shape index (κ2) is 13.9. The van der Waals surface area contributed by atoms with Crippen LogP contribution < -0.4 is 20.4 Å². The van der Waals surface area contributed by atoms with Crippen molar-refractivity contribution in [2.45, 2.75) is 51.6 Å². The van der Waals surface area contributed by atoms with Crippen molar-refractivity contribution in [3.63, 3.8) is 0 Å². The molecule has 3 aliphatic rings. The fourth-order valence-electron chi connectivity index (χ4n) is 6.05. The molecule has 0 bridgehead atoms. The SMILES string of the molecule is CC(C)N1CCN(c2ccc(NC(=O)Nc3ccc(-c4nc(C5CCOCC5)nc(N5CCOCC5C)n4)cc3)cc2)CC1. The lowest BCUT2D eigenvalue weighted by molar-refractivity contribution is 0.0834. The molecule has 1 aromatic heterocycles. The van der Waals surface area contributed by atoms with Gasteiger partial charge in [-0.05, 0) is 82.1 Å². The zero-order chi connectivity index (χ0) is 30.5. The highest BCUT2D eigenvalue weighted by Gasteiger charge is 2.26. The van der Waals surface area contributed by atoms with Crippen LogP contribution in [-0.4, -0.2) is 97.1 Å². The molecule has 3 aromatic rings. The fraction of sp³-hybridized carbons (Fsp3) is 0.515. The molecule has 6 rings (SSSR count). The van der Waals surface area contributed by atoms with Crippen LogP contribution in [0.15, 0.2) is 48.5 Å². The van der Waals surface area contributed by atoms with Gasteiger partial charge in [0.05, 0.1) is 19.3 Å². The van der Waals surface area contributed by atoms with Crippen LogP contribution in [0.25, 0.3) is 11.4 Å². The minimum Gasteiger partial charge on any atom is -0.381 e. The molecule has 0 radical (unpaired) electrons. The highest BCUT2D eigenvalue weighted by Crippen LogP contribution is 2.29. The third-order valence-electron chi connectivity index (χ3n) is 8.79. The molecule has 3 fully saturated rings. The smallest absolute Gasteiger partial charge is 0.323 e. The lowest BCUT2D eigenvalue weighted by Gasteiger charge is -2.38. The summed E-state index contributed by atoms with van der Waals surface area (Å²) >= 11 is 0. The number of carbonyl (C=O) groups is 1. The number of ether oxygens (including phenoxy) is 2. The Balaban J connectivity index is 1.10. The first-order chi connectivity index (χ1) is 21.4. The van der Waals surface area contributed by atoms with E-state index in [1.165, 1.54) is 5.69 Å². The normalized spacial score (nSPS) is 20.1. The van der Waals surface area contributed by atoms with Crippen LogP contribution in [0.5, 0.6) is 0 Å². The second-order valence-corrected chi connectivity index (χ2v) is 12.1. The fourth-order valence-corrected chi connectivity index (χ4v) is 6.05. The highest BCUT2D eigenvalue weighted by molar-refractivity contribution is 5.99. The number of urea groups is 1. The van der Waals surface area contributed by atoms with Crippen molar-refractivity contribution < 1.29 is 14.3 Å². The maximum atomic E-state index is 12.8. The molecule has 1 unspecified atom stereocenters. The summed E-state index contributed by atoms with van der Waals surface area (Å²) in [5.74, 6) is 2.39. The average molecular weight is 601 g/mol. The Labute approximate surface area is 260 Å². The molecule has 2 aromatic carbocycles. The number of anilines is 4. The number of hydrogen-bond donors (Lipinski definition) is 2. The zero-order valence-corrected chi connectivity index (χ0v) is 26.0. The average Bonchev–Trinajstić information content (AvgIpc) is 3.06. The molecule has 1 atom stereocenters. The monoisotopic (exact) mass is 600 g/mol. The van der Waals surface area contributed by atoms with Gasteiger partial charge in [-0.15, -0.1) is 0 Å². The summed E-state index contributed by atoms with van der Waals surface area (Å²) in [4.78, 5) is 34.6. The summed E-state index contributed by atoms with van der Waals surface area (Å²) in [5, 5.41) is 5.88. The number of nitrogens with one attached hydrogen (secondary N) is 2. The molecule has 3 saturated heterocycles. The maximum absolute atomic E-state index is 12.8. The van der Waals surface area contributed by atoms with Gasteiger partial charge in [-0.3, -0.25) is 4.90 Å². The molecular formula is C33H44N8O3. The van der Waals surface area contributed by atoms with E-state index >= 15 is 0 Å². The van der Waals surface area contributed by atoms with Gasteiger partial charge in [0.1, 0.15) is 5.82 Å². The minimum atomic E-state index is -0.290. The number of morpholine rings is 1. The molecule has 234 valence electrons. The predicted molar refractivity (Wildman–Crippen MR) is 174 cm³/mol. The lowest BCUT2D eigenvalue weighted by Crippen LogP contribution is -2.48. The van der Waals surface area contributed by atoms with E-state index in [1.54, 1.807) is 0 Å².